The Balaban J connectivity index is 1.94. The molecule has 1 atom stereocenters. The normalized spacial score (nSPS) is 11.4. The number of amides is 2. The SMILES string of the molecule is COc1ccc(NC(=O)NC(C)Cc2cnccn2)c(OC)n1. The van der Waals surface area contributed by atoms with Gasteiger partial charge in [0.2, 0.25) is 11.8 Å². The van der Waals surface area contributed by atoms with Crippen molar-refractivity contribution < 1.29 is 14.3 Å². The maximum absolute atomic E-state index is 12.1. The molecule has 2 aromatic heterocycles. The number of ether oxygens (including phenoxy) is 2. The lowest BCUT2D eigenvalue weighted by atomic mass is 10.2. The van der Waals surface area contributed by atoms with Crippen LogP contribution < -0.4 is 20.1 Å². The highest BCUT2D eigenvalue weighted by Gasteiger charge is 2.13. The van der Waals surface area contributed by atoms with E-state index >= 15 is 0 Å². The van der Waals surface area contributed by atoms with E-state index in [4.69, 9.17) is 9.47 Å². The number of nitrogens with one attached hydrogen (secondary N) is 2. The van der Waals surface area contributed by atoms with Crippen molar-refractivity contribution in [2.24, 2.45) is 0 Å². The molecule has 122 valence electrons. The van der Waals surface area contributed by atoms with Crippen molar-refractivity contribution in [1.29, 1.82) is 0 Å². The highest BCUT2D eigenvalue weighted by atomic mass is 16.5. The number of hydrogen-bond donors (Lipinski definition) is 2. The summed E-state index contributed by atoms with van der Waals surface area (Å²) in [5.41, 5.74) is 1.27. The number of carbonyl (C=O) groups excluding carboxylic acids is 1. The van der Waals surface area contributed by atoms with Crippen LogP contribution in [-0.4, -0.2) is 41.2 Å². The van der Waals surface area contributed by atoms with Crippen LogP contribution in [0.2, 0.25) is 0 Å². The number of methoxy groups -OCH3 is 2. The van der Waals surface area contributed by atoms with Crippen molar-refractivity contribution in [3.63, 3.8) is 0 Å². The minimum atomic E-state index is -0.355. The van der Waals surface area contributed by atoms with E-state index < -0.39 is 0 Å². The predicted octanol–water partition coefficient (Wildman–Crippen LogP) is 1.64. The van der Waals surface area contributed by atoms with Gasteiger partial charge in [0.25, 0.3) is 0 Å². The molecule has 2 heterocycles. The van der Waals surface area contributed by atoms with Gasteiger partial charge in [-0.15, -0.1) is 0 Å². The van der Waals surface area contributed by atoms with Crippen molar-refractivity contribution in [2.75, 3.05) is 19.5 Å². The number of hydrogen-bond acceptors (Lipinski definition) is 6. The molecule has 0 saturated heterocycles. The third-order valence-electron chi connectivity index (χ3n) is 2.99. The number of aromatic nitrogens is 3. The molecule has 0 radical (unpaired) electrons. The van der Waals surface area contributed by atoms with Crippen LogP contribution in [-0.2, 0) is 6.42 Å². The molecule has 8 heteroatoms. The van der Waals surface area contributed by atoms with Crippen molar-refractivity contribution in [2.45, 2.75) is 19.4 Å². The fourth-order valence-corrected chi connectivity index (χ4v) is 1.97. The van der Waals surface area contributed by atoms with Gasteiger partial charge in [-0.3, -0.25) is 9.97 Å². The van der Waals surface area contributed by atoms with E-state index in [0.29, 0.717) is 18.0 Å². The monoisotopic (exact) mass is 317 g/mol. The summed E-state index contributed by atoms with van der Waals surface area (Å²) < 4.78 is 10.2. The summed E-state index contributed by atoms with van der Waals surface area (Å²) in [4.78, 5) is 24.3. The summed E-state index contributed by atoms with van der Waals surface area (Å²) in [5.74, 6) is 0.685. The summed E-state index contributed by atoms with van der Waals surface area (Å²) in [6.07, 6.45) is 5.49. The molecule has 0 spiro atoms. The quantitative estimate of drug-likeness (QED) is 0.840. The average molecular weight is 317 g/mol. The van der Waals surface area contributed by atoms with Gasteiger partial charge in [0.15, 0.2) is 0 Å². The van der Waals surface area contributed by atoms with Crippen LogP contribution in [0.5, 0.6) is 11.8 Å². The minimum Gasteiger partial charge on any atom is -0.481 e. The molecule has 0 aliphatic carbocycles. The molecule has 2 aromatic rings. The zero-order valence-electron chi connectivity index (χ0n) is 13.2. The first kappa shape index (κ1) is 16.5. The van der Waals surface area contributed by atoms with Crippen molar-refractivity contribution in [3.05, 3.63) is 36.4 Å². The van der Waals surface area contributed by atoms with E-state index in [1.807, 2.05) is 6.92 Å². The van der Waals surface area contributed by atoms with Gasteiger partial charge < -0.3 is 20.1 Å². The van der Waals surface area contributed by atoms with Gasteiger partial charge in [0, 0.05) is 37.1 Å². The summed E-state index contributed by atoms with van der Waals surface area (Å²) in [5, 5.41) is 5.52. The zero-order valence-corrected chi connectivity index (χ0v) is 13.2. The minimum absolute atomic E-state index is 0.107. The fraction of sp³-hybridized carbons (Fsp3) is 0.333. The lowest BCUT2D eigenvalue weighted by Crippen LogP contribution is -2.37. The van der Waals surface area contributed by atoms with E-state index in [2.05, 4.69) is 25.6 Å². The Kier molecular flexibility index (Phi) is 5.67. The van der Waals surface area contributed by atoms with E-state index in [9.17, 15) is 4.79 Å². The van der Waals surface area contributed by atoms with Crippen LogP contribution in [0, 0.1) is 0 Å². The summed E-state index contributed by atoms with van der Waals surface area (Å²) >= 11 is 0. The summed E-state index contributed by atoms with van der Waals surface area (Å²) in [7, 11) is 2.98. The van der Waals surface area contributed by atoms with Crippen molar-refractivity contribution >= 4 is 11.7 Å². The van der Waals surface area contributed by atoms with Crippen LogP contribution in [0.4, 0.5) is 10.5 Å². The molecule has 0 aromatic carbocycles. The third kappa shape index (κ3) is 4.80. The summed E-state index contributed by atoms with van der Waals surface area (Å²) in [6.45, 7) is 1.89. The third-order valence-corrected chi connectivity index (χ3v) is 2.99. The number of nitrogens with zero attached hydrogens (tertiary/aromatic N) is 3. The maximum atomic E-state index is 12.1. The second kappa shape index (κ2) is 7.92. The lowest BCUT2D eigenvalue weighted by Gasteiger charge is -2.15. The molecule has 2 amide bonds. The first-order chi connectivity index (χ1) is 11.1. The predicted molar refractivity (Wildman–Crippen MR) is 84.7 cm³/mol. The van der Waals surface area contributed by atoms with Crippen LogP contribution in [0.1, 0.15) is 12.6 Å². The van der Waals surface area contributed by atoms with Crippen LogP contribution in [0.25, 0.3) is 0 Å². The maximum Gasteiger partial charge on any atom is 0.319 e. The highest BCUT2D eigenvalue weighted by Crippen LogP contribution is 2.24. The Morgan fingerprint density at radius 2 is 2.09 bits per heavy atom. The van der Waals surface area contributed by atoms with Crippen molar-refractivity contribution in [1.82, 2.24) is 20.3 Å². The van der Waals surface area contributed by atoms with E-state index in [-0.39, 0.29) is 18.0 Å². The standard InChI is InChI=1S/C15H19N5O3/c1-10(8-11-9-16-6-7-17-11)18-15(21)19-12-4-5-13(22-2)20-14(12)23-3/h4-7,9-10H,8H2,1-3H3,(H2,18,19,21). The molecule has 0 aliphatic heterocycles. The van der Waals surface area contributed by atoms with Crippen LogP contribution >= 0.6 is 0 Å². The fourth-order valence-electron chi connectivity index (χ4n) is 1.97. The Morgan fingerprint density at radius 3 is 2.74 bits per heavy atom. The van der Waals surface area contributed by atoms with Gasteiger partial charge in [-0.05, 0) is 13.0 Å². The number of rotatable bonds is 6. The van der Waals surface area contributed by atoms with Crippen molar-refractivity contribution in [3.8, 4) is 11.8 Å². The topological polar surface area (TPSA) is 98.3 Å². The molecule has 0 bridgehead atoms. The second-order valence-electron chi connectivity index (χ2n) is 4.81. The van der Waals surface area contributed by atoms with Crippen LogP contribution in [0.3, 0.4) is 0 Å². The number of urea groups is 1. The first-order valence-corrected chi connectivity index (χ1v) is 7.03. The Morgan fingerprint density at radius 1 is 1.26 bits per heavy atom. The van der Waals surface area contributed by atoms with Gasteiger partial charge in [0.1, 0.15) is 5.69 Å². The molecule has 1 unspecified atom stereocenters. The van der Waals surface area contributed by atoms with Gasteiger partial charge >= 0.3 is 6.03 Å². The zero-order chi connectivity index (χ0) is 16.7. The van der Waals surface area contributed by atoms with Crippen LogP contribution in [0.15, 0.2) is 30.7 Å². The molecule has 0 fully saturated rings. The molecule has 8 nitrogen and oxygen atoms in total. The van der Waals surface area contributed by atoms with Gasteiger partial charge in [-0.25, -0.2) is 4.79 Å². The van der Waals surface area contributed by atoms with Gasteiger partial charge in [-0.1, -0.05) is 0 Å². The molecule has 2 rings (SSSR count). The smallest absolute Gasteiger partial charge is 0.319 e. The number of anilines is 1. The first-order valence-electron chi connectivity index (χ1n) is 7.03. The highest BCUT2D eigenvalue weighted by molar-refractivity contribution is 5.90. The molecule has 0 saturated carbocycles. The van der Waals surface area contributed by atoms with E-state index in [0.717, 1.165) is 5.69 Å². The Bertz CT molecular complexity index is 651. The Labute approximate surface area is 134 Å². The van der Waals surface area contributed by atoms with E-state index in [1.54, 1.807) is 30.7 Å². The van der Waals surface area contributed by atoms with Gasteiger partial charge in [0.05, 0.1) is 19.9 Å². The molecular weight excluding hydrogens is 298 g/mol. The largest absolute Gasteiger partial charge is 0.481 e. The second-order valence-corrected chi connectivity index (χ2v) is 4.81. The van der Waals surface area contributed by atoms with E-state index in [1.165, 1.54) is 14.2 Å². The van der Waals surface area contributed by atoms with Gasteiger partial charge in [-0.2, -0.15) is 4.98 Å². The average Bonchev–Trinajstić information content (AvgIpc) is 2.55. The lowest BCUT2D eigenvalue weighted by molar-refractivity contribution is 0.249. The molecule has 2 N–H and O–H groups in total. The number of pyridine rings is 1. The Hall–Kier alpha value is -2.90. The summed E-state index contributed by atoms with van der Waals surface area (Å²) in [6, 6.07) is 2.84. The molecule has 23 heavy (non-hydrogen) atoms. The molecule has 0 aliphatic rings. The number of carbonyl (C=O) groups is 1. The molecular formula is C15H19N5O3.